The Balaban J connectivity index is 0.000000322. The Kier molecular flexibility index (Phi) is 6.16. The van der Waals surface area contributed by atoms with Crippen molar-refractivity contribution in [1.29, 1.82) is 0 Å². The normalized spacial score (nSPS) is 12.3. The van der Waals surface area contributed by atoms with E-state index in [4.69, 9.17) is 15.6 Å². The van der Waals surface area contributed by atoms with Gasteiger partial charge in [0.1, 0.15) is 0 Å². The number of hydrogen-bond acceptors (Lipinski definition) is 3. The zero-order valence-corrected chi connectivity index (χ0v) is 13.3. The fraction of sp³-hybridized carbons (Fsp3) is 0.231. The number of fused-ring (bicyclic) bond motifs is 1. The van der Waals surface area contributed by atoms with Crippen LogP contribution in [-0.4, -0.2) is 34.2 Å². The molecule has 0 unspecified atom stereocenters. The smallest absolute Gasteiger partial charge is 0.475 e. The Labute approximate surface area is 137 Å². The molecule has 1 amide bonds. The highest BCUT2D eigenvalue weighted by Crippen LogP contribution is 2.26. The predicted molar refractivity (Wildman–Crippen MR) is 82.0 cm³/mol. The molecule has 0 aliphatic carbocycles. The molecule has 23 heavy (non-hydrogen) atoms. The predicted octanol–water partition coefficient (Wildman–Crippen LogP) is 2.85. The molecule has 2 aromatic rings. The van der Waals surface area contributed by atoms with Crippen LogP contribution in [0.4, 0.5) is 18.9 Å². The Morgan fingerprint density at radius 2 is 1.96 bits per heavy atom. The fourth-order valence-electron chi connectivity index (χ4n) is 1.44. The van der Waals surface area contributed by atoms with E-state index in [9.17, 15) is 18.0 Å². The lowest BCUT2D eigenvalue weighted by Gasteiger charge is -2.06. The first-order valence-corrected chi connectivity index (χ1v) is 6.95. The molecule has 0 aliphatic heterocycles. The van der Waals surface area contributed by atoms with Gasteiger partial charge in [0.05, 0.1) is 11.7 Å². The summed E-state index contributed by atoms with van der Waals surface area (Å²) >= 11 is 3.40. The number of H-pyrrole nitrogens is 1. The van der Waals surface area contributed by atoms with E-state index >= 15 is 0 Å². The molecule has 0 saturated carbocycles. The van der Waals surface area contributed by atoms with E-state index in [0.29, 0.717) is 0 Å². The van der Waals surface area contributed by atoms with Crippen molar-refractivity contribution in [3.63, 3.8) is 0 Å². The molecule has 2 rings (SSSR count). The van der Waals surface area contributed by atoms with Crippen LogP contribution in [0.5, 0.6) is 0 Å². The maximum atomic E-state index is 11.5. The van der Waals surface area contributed by atoms with Gasteiger partial charge in [-0.05, 0) is 25.1 Å². The maximum Gasteiger partial charge on any atom is 0.490 e. The minimum Gasteiger partial charge on any atom is -0.475 e. The van der Waals surface area contributed by atoms with Gasteiger partial charge in [0.25, 0.3) is 0 Å². The molecule has 126 valence electrons. The van der Waals surface area contributed by atoms with E-state index in [1.165, 1.54) is 0 Å². The van der Waals surface area contributed by atoms with Crippen LogP contribution in [0.15, 0.2) is 28.9 Å². The van der Waals surface area contributed by atoms with Crippen LogP contribution < -0.4 is 11.1 Å². The summed E-state index contributed by atoms with van der Waals surface area (Å²) in [5, 5.41) is 10.9. The number of alkyl halides is 3. The molecule has 1 atom stereocenters. The highest BCUT2D eigenvalue weighted by atomic mass is 79.9. The first-order chi connectivity index (χ1) is 10.5. The minimum atomic E-state index is -5.08. The molecular formula is C13H13BrF3N3O3. The number of anilines is 1. The van der Waals surface area contributed by atoms with Gasteiger partial charge in [0.2, 0.25) is 5.91 Å². The molecule has 0 radical (unpaired) electrons. The molecule has 10 heteroatoms. The number of carbonyl (C=O) groups is 2. The number of aliphatic carboxylic acids is 1. The lowest BCUT2D eigenvalue weighted by Crippen LogP contribution is -2.32. The molecular weight excluding hydrogens is 383 g/mol. The zero-order valence-electron chi connectivity index (χ0n) is 11.7. The molecule has 1 aromatic heterocycles. The highest BCUT2D eigenvalue weighted by Gasteiger charge is 2.38. The van der Waals surface area contributed by atoms with Crippen molar-refractivity contribution in [2.24, 2.45) is 5.73 Å². The summed E-state index contributed by atoms with van der Waals surface area (Å²) in [5.74, 6) is -2.95. The number of aromatic amines is 1. The van der Waals surface area contributed by atoms with E-state index in [1.807, 2.05) is 18.2 Å². The van der Waals surface area contributed by atoms with Crippen LogP contribution >= 0.6 is 15.9 Å². The SMILES string of the molecule is C[C@H](N)C(=O)Nc1c[nH]c2ccc(Br)cc12.O=C(O)C(F)(F)F. The van der Waals surface area contributed by atoms with Gasteiger partial charge < -0.3 is 21.1 Å². The van der Waals surface area contributed by atoms with E-state index in [-0.39, 0.29) is 5.91 Å². The lowest BCUT2D eigenvalue weighted by molar-refractivity contribution is -0.192. The number of amides is 1. The quantitative estimate of drug-likeness (QED) is 0.626. The van der Waals surface area contributed by atoms with E-state index in [0.717, 1.165) is 21.1 Å². The number of aromatic nitrogens is 1. The second-order valence-corrected chi connectivity index (χ2v) is 5.39. The number of rotatable bonds is 2. The fourth-order valence-corrected chi connectivity index (χ4v) is 1.80. The number of hydrogen-bond donors (Lipinski definition) is 4. The zero-order chi connectivity index (χ0) is 17.8. The summed E-state index contributed by atoms with van der Waals surface area (Å²) in [6, 6.07) is 5.32. The van der Waals surface area contributed by atoms with Gasteiger partial charge in [-0.15, -0.1) is 0 Å². The molecule has 1 heterocycles. The third-order valence-corrected chi connectivity index (χ3v) is 3.05. The number of nitrogens with one attached hydrogen (secondary N) is 2. The average molecular weight is 396 g/mol. The molecule has 0 spiro atoms. The number of carboxylic acid groups (broad SMARTS) is 1. The summed E-state index contributed by atoms with van der Waals surface area (Å²) in [5.41, 5.74) is 7.22. The van der Waals surface area contributed by atoms with Crippen LogP contribution in [-0.2, 0) is 9.59 Å². The molecule has 0 saturated heterocycles. The van der Waals surface area contributed by atoms with Gasteiger partial charge in [-0.25, -0.2) is 4.79 Å². The van der Waals surface area contributed by atoms with Crippen molar-refractivity contribution >= 4 is 44.4 Å². The monoisotopic (exact) mass is 395 g/mol. The molecule has 0 bridgehead atoms. The highest BCUT2D eigenvalue weighted by molar-refractivity contribution is 9.10. The van der Waals surface area contributed by atoms with Gasteiger partial charge in [0.15, 0.2) is 0 Å². The Bertz CT molecular complexity index is 713. The first kappa shape index (κ1) is 19.0. The van der Waals surface area contributed by atoms with Crippen LogP contribution in [0.1, 0.15) is 6.92 Å². The van der Waals surface area contributed by atoms with E-state index < -0.39 is 18.2 Å². The summed E-state index contributed by atoms with van der Waals surface area (Å²) in [6.45, 7) is 1.65. The standard InChI is InChI=1S/C11H12BrN3O.C2HF3O2/c1-6(13)11(16)15-10-5-14-9-3-2-7(12)4-8(9)10;3-2(4,5)1(6)7/h2-6,14H,13H2,1H3,(H,15,16);(H,6,7)/t6-;/m0./s1. The van der Waals surface area contributed by atoms with Crippen LogP contribution in [0.3, 0.4) is 0 Å². The summed E-state index contributed by atoms with van der Waals surface area (Å²) in [6.07, 6.45) is -3.32. The lowest BCUT2D eigenvalue weighted by atomic mass is 10.2. The van der Waals surface area contributed by atoms with Crippen molar-refractivity contribution in [2.45, 2.75) is 19.1 Å². The summed E-state index contributed by atoms with van der Waals surface area (Å²) < 4.78 is 32.7. The largest absolute Gasteiger partial charge is 0.490 e. The number of halogens is 4. The number of carbonyl (C=O) groups excluding carboxylic acids is 1. The molecule has 6 nitrogen and oxygen atoms in total. The molecule has 5 N–H and O–H groups in total. The second-order valence-electron chi connectivity index (χ2n) is 4.47. The Hall–Kier alpha value is -2.07. The summed E-state index contributed by atoms with van der Waals surface area (Å²) in [4.78, 5) is 23.5. The number of carboxylic acids is 1. The van der Waals surface area contributed by atoms with E-state index in [1.54, 1.807) is 13.1 Å². The third kappa shape index (κ3) is 5.57. The summed E-state index contributed by atoms with van der Waals surface area (Å²) in [7, 11) is 0. The average Bonchev–Trinajstić information content (AvgIpc) is 2.80. The second kappa shape index (κ2) is 7.47. The van der Waals surface area contributed by atoms with Gasteiger partial charge in [-0.2, -0.15) is 13.2 Å². The maximum absolute atomic E-state index is 11.5. The minimum absolute atomic E-state index is 0.194. The van der Waals surface area contributed by atoms with Crippen molar-refractivity contribution < 1.29 is 27.9 Å². The Morgan fingerprint density at radius 1 is 1.39 bits per heavy atom. The van der Waals surface area contributed by atoms with Crippen LogP contribution in [0.2, 0.25) is 0 Å². The van der Waals surface area contributed by atoms with Gasteiger partial charge in [-0.1, -0.05) is 15.9 Å². The number of nitrogens with two attached hydrogens (primary N) is 1. The van der Waals surface area contributed by atoms with Crippen molar-refractivity contribution in [3.8, 4) is 0 Å². The molecule has 0 fully saturated rings. The van der Waals surface area contributed by atoms with Gasteiger partial charge >= 0.3 is 12.1 Å². The van der Waals surface area contributed by atoms with Crippen molar-refractivity contribution in [3.05, 3.63) is 28.9 Å². The van der Waals surface area contributed by atoms with Crippen LogP contribution in [0.25, 0.3) is 10.9 Å². The van der Waals surface area contributed by atoms with Crippen molar-refractivity contribution in [1.82, 2.24) is 4.98 Å². The number of benzene rings is 1. The van der Waals surface area contributed by atoms with Crippen LogP contribution in [0, 0.1) is 0 Å². The van der Waals surface area contributed by atoms with Gasteiger partial charge in [-0.3, -0.25) is 4.79 Å². The van der Waals surface area contributed by atoms with Crippen molar-refractivity contribution in [2.75, 3.05) is 5.32 Å². The van der Waals surface area contributed by atoms with E-state index in [2.05, 4.69) is 26.2 Å². The molecule has 0 aliphatic rings. The van der Waals surface area contributed by atoms with Gasteiger partial charge in [0, 0.05) is 21.6 Å². The third-order valence-electron chi connectivity index (χ3n) is 2.56. The first-order valence-electron chi connectivity index (χ1n) is 6.15. The molecule has 1 aromatic carbocycles. The topological polar surface area (TPSA) is 108 Å². The Morgan fingerprint density at radius 3 is 2.43 bits per heavy atom.